The minimum atomic E-state index is -1.42. The predicted octanol–water partition coefficient (Wildman–Crippen LogP) is 0.540. The molecule has 0 spiro atoms. The van der Waals surface area contributed by atoms with Crippen LogP contribution in [0.4, 0.5) is 0 Å². The van der Waals surface area contributed by atoms with Gasteiger partial charge >= 0.3 is 19.1 Å². The number of carboxylic acid groups (broad SMARTS) is 2. The second kappa shape index (κ2) is 8.61. The summed E-state index contributed by atoms with van der Waals surface area (Å²) in [6.07, 6.45) is 3.02. The number of amides is 1. The van der Waals surface area contributed by atoms with Crippen molar-refractivity contribution >= 4 is 41.9 Å². The van der Waals surface area contributed by atoms with Crippen LogP contribution in [-0.2, 0) is 19.0 Å². The summed E-state index contributed by atoms with van der Waals surface area (Å²) in [4.78, 5) is 34.6. The fourth-order valence-corrected chi connectivity index (χ4v) is 3.02. The molecule has 2 rings (SSSR count). The Morgan fingerprint density at radius 2 is 2.16 bits per heavy atom. The molecule has 4 N–H and O–H groups in total. The van der Waals surface area contributed by atoms with Gasteiger partial charge in [0.2, 0.25) is 0 Å². The van der Waals surface area contributed by atoms with Crippen LogP contribution in [0.25, 0.3) is 5.57 Å². The molecule has 1 aromatic rings. The lowest BCUT2D eigenvalue weighted by atomic mass is 9.77. The van der Waals surface area contributed by atoms with Gasteiger partial charge in [-0.3, -0.25) is 9.59 Å². The molecule has 8 nitrogen and oxygen atoms in total. The SMILES string of the molecule is O=C(O)/C=C(\C(=O)N[C@H]1CC=C[C@H](CC(=O)O)OB1O)c1cccs1. The van der Waals surface area contributed by atoms with Crippen molar-refractivity contribution in [2.75, 3.05) is 0 Å². The molecule has 2 atom stereocenters. The molecule has 2 heterocycles. The number of thiophene rings is 1. The lowest BCUT2D eigenvalue weighted by Gasteiger charge is -2.20. The van der Waals surface area contributed by atoms with Crippen molar-refractivity contribution in [3.8, 4) is 0 Å². The van der Waals surface area contributed by atoms with Gasteiger partial charge in [-0.1, -0.05) is 18.2 Å². The molecule has 0 bridgehead atoms. The Morgan fingerprint density at radius 3 is 2.76 bits per heavy atom. The Hall–Kier alpha value is -2.43. The standard InChI is InChI=1S/C15H16BNO7S/c18-13(19)7-9-3-1-5-12(16(23)24-9)17-15(22)10(8-14(20)21)11-4-2-6-25-11/h1-4,6,8-9,12,23H,5,7H2,(H,17,22)(H,18,19)(H,20,21)/b10-8-/t9-,12+/m1/s1. The second-order valence-corrected chi connectivity index (χ2v) is 6.23. The highest BCUT2D eigenvalue weighted by Crippen LogP contribution is 2.21. The van der Waals surface area contributed by atoms with Gasteiger partial charge in [-0.25, -0.2) is 4.79 Å². The molecule has 1 aliphatic heterocycles. The number of hydrogen-bond acceptors (Lipinski definition) is 6. The summed E-state index contributed by atoms with van der Waals surface area (Å²) in [5.41, 5.74) is -0.0370. The number of carbonyl (C=O) groups excluding carboxylic acids is 1. The summed E-state index contributed by atoms with van der Waals surface area (Å²) in [5, 5.41) is 32.1. The molecule has 0 aliphatic carbocycles. The van der Waals surface area contributed by atoms with E-state index in [1.807, 2.05) is 0 Å². The predicted molar refractivity (Wildman–Crippen MR) is 90.7 cm³/mol. The fraction of sp³-hybridized carbons (Fsp3) is 0.267. The van der Waals surface area contributed by atoms with Gasteiger partial charge in [0.15, 0.2) is 0 Å². The highest BCUT2D eigenvalue weighted by Gasteiger charge is 2.33. The summed E-state index contributed by atoms with van der Waals surface area (Å²) < 4.78 is 5.23. The molecule has 0 fully saturated rings. The van der Waals surface area contributed by atoms with Crippen LogP contribution in [0, 0.1) is 0 Å². The second-order valence-electron chi connectivity index (χ2n) is 5.28. The quantitative estimate of drug-likeness (QED) is 0.328. The summed E-state index contributed by atoms with van der Waals surface area (Å²) in [6.45, 7) is 0. The molecule has 1 aromatic heterocycles. The average Bonchev–Trinajstić information content (AvgIpc) is 2.98. The molecule has 1 aliphatic rings. The van der Waals surface area contributed by atoms with Gasteiger partial charge in [-0.15, -0.1) is 11.3 Å². The zero-order valence-electron chi connectivity index (χ0n) is 13.0. The van der Waals surface area contributed by atoms with Crippen LogP contribution in [0.2, 0.25) is 0 Å². The minimum absolute atomic E-state index is 0.0370. The van der Waals surface area contributed by atoms with Gasteiger partial charge in [0.25, 0.3) is 5.91 Å². The Kier molecular flexibility index (Phi) is 6.51. The summed E-state index contributed by atoms with van der Waals surface area (Å²) >= 11 is 1.21. The van der Waals surface area contributed by atoms with Crippen LogP contribution in [0.15, 0.2) is 35.7 Å². The van der Waals surface area contributed by atoms with Crippen LogP contribution in [0.5, 0.6) is 0 Å². The average molecular weight is 365 g/mol. The van der Waals surface area contributed by atoms with Gasteiger partial charge in [0.1, 0.15) is 0 Å². The van der Waals surface area contributed by atoms with E-state index in [1.54, 1.807) is 23.6 Å². The number of aliphatic carboxylic acids is 2. The summed E-state index contributed by atoms with van der Waals surface area (Å²) in [6, 6.07) is 3.30. The Bertz CT molecular complexity index is 701. The zero-order chi connectivity index (χ0) is 18.4. The number of carbonyl (C=O) groups is 3. The van der Waals surface area contributed by atoms with E-state index >= 15 is 0 Å². The first-order valence-electron chi connectivity index (χ1n) is 7.38. The maximum atomic E-state index is 12.4. The highest BCUT2D eigenvalue weighted by atomic mass is 32.1. The maximum Gasteiger partial charge on any atom is 0.478 e. The molecular formula is C15H16BNO7S. The Balaban J connectivity index is 2.09. The molecule has 10 heteroatoms. The van der Waals surface area contributed by atoms with Gasteiger partial charge in [-0.2, -0.15) is 0 Å². The first-order valence-corrected chi connectivity index (χ1v) is 8.26. The van der Waals surface area contributed by atoms with Crippen LogP contribution < -0.4 is 5.32 Å². The monoisotopic (exact) mass is 365 g/mol. The van der Waals surface area contributed by atoms with Gasteiger partial charge in [-0.05, 0) is 17.9 Å². The van der Waals surface area contributed by atoms with Crippen molar-refractivity contribution < 1.29 is 34.3 Å². The minimum Gasteiger partial charge on any atom is -0.481 e. The third-order valence-corrected chi connectivity index (χ3v) is 4.29. The number of rotatable bonds is 6. The maximum absolute atomic E-state index is 12.4. The van der Waals surface area contributed by atoms with E-state index in [4.69, 9.17) is 14.9 Å². The van der Waals surface area contributed by atoms with E-state index < -0.39 is 37.0 Å². The first-order chi connectivity index (χ1) is 11.9. The smallest absolute Gasteiger partial charge is 0.478 e. The normalized spacial score (nSPS) is 20.8. The zero-order valence-corrected chi connectivity index (χ0v) is 13.8. The van der Waals surface area contributed by atoms with E-state index in [0.717, 1.165) is 6.08 Å². The van der Waals surface area contributed by atoms with Crippen molar-refractivity contribution in [1.29, 1.82) is 0 Å². The largest absolute Gasteiger partial charge is 0.481 e. The molecule has 0 radical (unpaired) electrons. The van der Waals surface area contributed by atoms with Gasteiger partial charge < -0.3 is 25.2 Å². The van der Waals surface area contributed by atoms with Crippen molar-refractivity contribution in [1.82, 2.24) is 5.32 Å². The van der Waals surface area contributed by atoms with Crippen LogP contribution in [0.1, 0.15) is 17.7 Å². The topological polar surface area (TPSA) is 133 Å². The molecule has 25 heavy (non-hydrogen) atoms. The highest BCUT2D eigenvalue weighted by molar-refractivity contribution is 7.11. The lowest BCUT2D eigenvalue weighted by Crippen LogP contribution is -2.48. The first kappa shape index (κ1) is 18.9. The molecule has 0 saturated heterocycles. The van der Waals surface area contributed by atoms with E-state index in [2.05, 4.69) is 5.32 Å². The fourth-order valence-electron chi connectivity index (χ4n) is 2.28. The lowest BCUT2D eigenvalue weighted by molar-refractivity contribution is -0.138. The van der Waals surface area contributed by atoms with Crippen molar-refractivity contribution in [2.24, 2.45) is 0 Å². The van der Waals surface area contributed by atoms with Crippen molar-refractivity contribution in [3.05, 3.63) is 40.6 Å². The van der Waals surface area contributed by atoms with E-state index in [-0.39, 0.29) is 18.4 Å². The molecule has 0 aromatic carbocycles. The third-order valence-electron chi connectivity index (χ3n) is 3.39. The van der Waals surface area contributed by atoms with Crippen LogP contribution >= 0.6 is 11.3 Å². The van der Waals surface area contributed by atoms with Crippen LogP contribution in [-0.4, -0.2) is 52.2 Å². The van der Waals surface area contributed by atoms with Crippen molar-refractivity contribution in [2.45, 2.75) is 24.9 Å². The number of hydrogen-bond donors (Lipinski definition) is 4. The molecule has 0 unspecified atom stereocenters. The van der Waals surface area contributed by atoms with E-state index in [0.29, 0.717) is 4.88 Å². The van der Waals surface area contributed by atoms with E-state index in [9.17, 15) is 19.4 Å². The summed E-state index contributed by atoms with van der Waals surface area (Å²) in [5.74, 6) is -3.84. The van der Waals surface area contributed by atoms with Crippen LogP contribution in [0.3, 0.4) is 0 Å². The molecule has 132 valence electrons. The third kappa shape index (κ3) is 5.56. The molecule has 1 amide bonds. The molecular weight excluding hydrogens is 349 g/mol. The Morgan fingerprint density at radius 1 is 1.40 bits per heavy atom. The van der Waals surface area contributed by atoms with Gasteiger partial charge in [0, 0.05) is 11.0 Å². The molecule has 0 saturated carbocycles. The van der Waals surface area contributed by atoms with Crippen molar-refractivity contribution in [3.63, 3.8) is 0 Å². The summed E-state index contributed by atoms with van der Waals surface area (Å²) in [7, 11) is -1.42. The number of carboxylic acids is 2. The van der Waals surface area contributed by atoms with E-state index in [1.165, 1.54) is 17.4 Å². The Labute approximate surface area is 147 Å². The van der Waals surface area contributed by atoms with Gasteiger partial charge in [0.05, 0.1) is 24.0 Å². The number of nitrogens with one attached hydrogen (secondary N) is 1.